The lowest BCUT2D eigenvalue weighted by Crippen LogP contribution is -2.34. The third kappa shape index (κ3) is 36.7. The molecular weight excluding hydrogens is 709 g/mol. The lowest BCUT2D eigenvalue weighted by molar-refractivity contribution is -0.161. The topological polar surface area (TPSA) is 172 Å². The molecule has 0 heterocycles. The third-order valence-electron chi connectivity index (χ3n) is 8.86. The smallest absolute Gasteiger partial charge is 0.472 e. The number of aliphatic carboxylic acids is 1. The van der Waals surface area contributed by atoms with E-state index >= 15 is 0 Å². The third-order valence-corrected chi connectivity index (χ3v) is 9.81. The first-order valence-electron chi connectivity index (χ1n) is 21.0. The highest BCUT2D eigenvalue weighted by molar-refractivity contribution is 7.47. The average molecular weight is 786 g/mol. The van der Waals surface area contributed by atoms with Gasteiger partial charge in [0.1, 0.15) is 12.6 Å². The number of phosphoric ester groups is 1. The summed E-state index contributed by atoms with van der Waals surface area (Å²) in [5.74, 6) is -2.40. The lowest BCUT2D eigenvalue weighted by atomic mass is 10.1. The summed E-state index contributed by atoms with van der Waals surface area (Å²) >= 11 is 0. The number of allylic oxidation sites excluding steroid dienone is 6. The minimum absolute atomic E-state index is 0.153. The average Bonchev–Trinajstić information content (AvgIpc) is 3.14. The van der Waals surface area contributed by atoms with Crippen LogP contribution in [0.25, 0.3) is 0 Å². The molecule has 0 spiro atoms. The number of esters is 2. The highest BCUT2D eigenvalue weighted by Crippen LogP contribution is 2.43. The van der Waals surface area contributed by atoms with Gasteiger partial charge in [-0.15, -0.1) is 0 Å². The number of carbonyl (C=O) groups excluding carboxylic acids is 2. The van der Waals surface area contributed by atoms with Crippen molar-refractivity contribution in [2.75, 3.05) is 19.8 Å². The Morgan fingerprint density at radius 3 is 1.50 bits per heavy atom. The van der Waals surface area contributed by atoms with Crippen LogP contribution in [0.4, 0.5) is 0 Å². The molecule has 3 atom stereocenters. The molecule has 0 fully saturated rings. The number of phosphoric acid groups is 1. The van der Waals surface area contributed by atoms with E-state index in [4.69, 9.17) is 24.8 Å². The molecule has 0 radical (unpaired) electrons. The Balaban J connectivity index is 4.42. The van der Waals surface area contributed by atoms with E-state index in [0.29, 0.717) is 12.8 Å². The molecule has 0 bridgehead atoms. The van der Waals surface area contributed by atoms with Crippen molar-refractivity contribution < 1.29 is 47.5 Å². The van der Waals surface area contributed by atoms with Gasteiger partial charge in [-0.25, -0.2) is 4.57 Å². The van der Waals surface area contributed by atoms with Gasteiger partial charge in [-0.05, 0) is 70.6 Å². The Labute approximate surface area is 327 Å². The number of hydrogen-bond acceptors (Lipinski definition) is 9. The Kier molecular flexibility index (Phi) is 36.0. The Bertz CT molecular complexity index is 1060. The number of carbonyl (C=O) groups is 3. The van der Waals surface area contributed by atoms with E-state index in [9.17, 15) is 23.8 Å². The van der Waals surface area contributed by atoms with Gasteiger partial charge < -0.3 is 25.2 Å². The molecule has 0 saturated carbocycles. The summed E-state index contributed by atoms with van der Waals surface area (Å²) in [6.07, 6.45) is 39.2. The second-order valence-electron chi connectivity index (χ2n) is 14.1. The number of rotatable bonds is 39. The largest absolute Gasteiger partial charge is 0.480 e. The number of carboxylic acid groups (broad SMARTS) is 1. The second-order valence-corrected chi connectivity index (χ2v) is 15.6. The van der Waals surface area contributed by atoms with E-state index in [0.717, 1.165) is 77.0 Å². The Morgan fingerprint density at radius 1 is 0.574 bits per heavy atom. The van der Waals surface area contributed by atoms with Gasteiger partial charge in [0, 0.05) is 12.8 Å². The maximum atomic E-state index is 12.6. The first kappa shape index (κ1) is 51.7. The Hall–Kier alpha value is -2.30. The molecule has 0 aromatic rings. The van der Waals surface area contributed by atoms with Crippen LogP contribution in [-0.4, -0.2) is 59.9 Å². The van der Waals surface area contributed by atoms with Gasteiger partial charge in [-0.3, -0.25) is 23.4 Å². The molecule has 1 unspecified atom stereocenters. The van der Waals surface area contributed by atoms with Crippen LogP contribution in [0.15, 0.2) is 36.5 Å². The predicted molar refractivity (Wildman–Crippen MR) is 217 cm³/mol. The number of carboxylic acids is 1. The fraction of sp³-hybridized carbons (Fsp3) is 0.786. The minimum atomic E-state index is -4.72. The lowest BCUT2D eigenvalue weighted by Gasteiger charge is -2.20. The molecule has 314 valence electrons. The van der Waals surface area contributed by atoms with Crippen molar-refractivity contribution in [1.29, 1.82) is 0 Å². The SMILES string of the molecule is CCCCC/C=C\C/C=C\CCCCCCCC(=O)OC[C@H](COP(=O)(O)OC[C@H](N)C(=O)O)OC(=O)CCCCCCCCC/C=C\CCCCCC. The first-order chi connectivity index (χ1) is 26.1. The van der Waals surface area contributed by atoms with E-state index in [1.165, 1.54) is 64.2 Å². The zero-order valence-electron chi connectivity index (χ0n) is 33.8. The van der Waals surface area contributed by atoms with E-state index < -0.39 is 51.1 Å². The maximum Gasteiger partial charge on any atom is 0.472 e. The van der Waals surface area contributed by atoms with Gasteiger partial charge in [0.15, 0.2) is 6.10 Å². The molecule has 11 nitrogen and oxygen atoms in total. The first-order valence-corrected chi connectivity index (χ1v) is 22.5. The molecule has 0 saturated heterocycles. The van der Waals surface area contributed by atoms with Crippen molar-refractivity contribution in [1.82, 2.24) is 0 Å². The summed E-state index contributed by atoms with van der Waals surface area (Å²) in [5.41, 5.74) is 5.33. The van der Waals surface area contributed by atoms with E-state index in [-0.39, 0.29) is 19.4 Å². The van der Waals surface area contributed by atoms with Gasteiger partial charge in [0.25, 0.3) is 0 Å². The molecular formula is C42H76NO10P. The summed E-state index contributed by atoms with van der Waals surface area (Å²) in [7, 11) is -4.72. The highest BCUT2D eigenvalue weighted by atomic mass is 31.2. The van der Waals surface area contributed by atoms with Crippen LogP contribution in [0.5, 0.6) is 0 Å². The zero-order chi connectivity index (χ0) is 40.0. The molecule has 0 aliphatic heterocycles. The quantitative estimate of drug-likeness (QED) is 0.0234. The fourth-order valence-corrected chi connectivity index (χ4v) is 6.28. The minimum Gasteiger partial charge on any atom is -0.480 e. The Morgan fingerprint density at radius 2 is 0.981 bits per heavy atom. The molecule has 12 heteroatoms. The van der Waals surface area contributed by atoms with Crippen LogP contribution < -0.4 is 5.73 Å². The summed E-state index contributed by atoms with van der Waals surface area (Å²) in [4.78, 5) is 45.9. The highest BCUT2D eigenvalue weighted by Gasteiger charge is 2.28. The standard InChI is InChI=1S/C42H76NO10P/c1-3-5-7-9-11-13-15-17-19-21-23-25-27-29-31-33-40(44)50-35-38(36-51-54(48,49)52-37-39(43)42(46)47)53-41(45)34-32-30-28-26-24-22-20-18-16-14-12-10-8-6-4-2/h11,13-14,16-17,19,38-39H,3-10,12,15,18,20-37,43H2,1-2H3,(H,46,47)(H,48,49)/b13-11-,16-14-,19-17-/t38-,39+/m1/s1. The number of ether oxygens (including phenoxy) is 2. The van der Waals surface area contributed by atoms with Crippen LogP contribution in [0.3, 0.4) is 0 Å². The summed E-state index contributed by atoms with van der Waals surface area (Å²) in [6.45, 7) is 2.74. The van der Waals surface area contributed by atoms with Crippen LogP contribution in [0.1, 0.15) is 181 Å². The van der Waals surface area contributed by atoms with Crippen molar-refractivity contribution in [3.8, 4) is 0 Å². The van der Waals surface area contributed by atoms with Crippen molar-refractivity contribution in [3.63, 3.8) is 0 Å². The van der Waals surface area contributed by atoms with Gasteiger partial charge in [-0.2, -0.15) is 0 Å². The maximum absolute atomic E-state index is 12.6. The number of unbranched alkanes of at least 4 members (excludes halogenated alkanes) is 19. The number of hydrogen-bond donors (Lipinski definition) is 3. The summed E-state index contributed by atoms with van der Waals surface area (Å²) < 4.78 is 32.6. The zero-order valence-corrected chi connectivity index (χ0v) is 34.7. The van der Waals surface area contributed by atoms with Crippen molar-refractivity contribution in [3.05, 3.63) is 36.5 Å². The van der Waals surface area contributed by atoms with Crippen molar-refractivity contribution in [2.24, 2.45) is 5.73 Å². The molecule has 4 N–H and O–H groups in total. The second kappa shape index (κ2) is 37.6. The summed E-state index contributed by atoms with van der Waals surface area (Å²) in [5, 5.41) is 8.88. The van der Waals surface area contributed by atoms with Gasteiger partial charge >= 0.3 is 25.7 Å². The molecule has 0 aliphatic carbocycles. The fourth-order valence-electron chi connectivity index (χ4n) is 5.50. The predicted octanol–water partition coefficient (Wildman–Crippen LogP) is 10.8. The normalized spacial score (nSPS) is 14.1. The van der Waals surface area contributed by atoms with Crippen LogP contribution in [0, 0.1) is 0 Å². The van der Waals surface area contributed by atoms with Crippen molar-refractivity contribution in [2.45, 2.75) is 193 Å². The van der Waals surface area contributed by atoms with Gasteiger partial charge in [0.2, 0.25) is 0 Å². The van der Waals surface area contributed by atoms with Crippen LogP contribution in [-0.2, 0) is 37.5 Å². The molecule has 0 rings (SSSR count). The van der Waals surface area contributed by atoms with Crippen molar-refractivity contribution >= 4 is 25.7 Å². The molecule has 54 heavy (non-hydrogen) atoms. The molecule has 0 amide bonds. The van der Waals surface area contributed by atoms with Gasteiger partial charge in [-0.1, -0.05) is 134 Å². The van der Waals surface area contributed by atoms with E-state index in [1.807, 2.05) is 0 Å². The number of nitrogens with two attached hydrogens (primary N) is 1. The van der Waals surface area contributed by atoms with Crippen LogP contribution >= 0.6 is 7.82 Å². The van der Waals surface area contributed by atoms with E-state index in [2.05, 4.69) is 54.8 Å². The van der Waals surface area contributed by atoms with Gasteiger partial charge in [0.05, 0.1) is 13.2 Å². The van der Waals surface area contributed by atoms with E-state index in [1.54, 1.807) is 0 Å². The molecule has 0 aromatic carbocycles. The molecule has 0 aromatic heterocycles. The monoisotopic (exact) mass is 786 g/mol. The summed E-state index contributed by atoms with van der Waals surface area (Å²) in [6, 6.07) is -1.52. The van der Waals surface area contributed by atoms with Crippen LogP contribution in [0.2, 0.25) is 0 Å². The molecule has 0 aliphatic rings.